The number of benzene rings is 3. The fourth-order valence-electron chi connectivity index (χ4n) is 3.92. The lowest BCUT2D eigenvalue weighted by molar-refractivity contribution is 0.316. The molecule has 0 radical (unpaired) electrons. The Morgan fingerprint density at radius 1 is 0.900 bits per heavy atom. The van der Waals surface area contributed by atoms with Crippen LogP contribution in [0.25, 0.3) is 22.0 Å². The molecule has 0 atom stereocenters. The summed E-state index contributed by atoms with van der Waals surface area (Å²) >= 11 is 0. The standard InChI is InChI=1S/C24H22N2O3S/c1-17-3-5-18(6-4-17)19-7-10-24-23(16-19)26(13-14-29-24)30(27,28)21-8-9-22-20(15-21)11-12-25(22)2/h3-12,15-16H,13-14H2,1-2H3. The first kappa shape index (κ1) is 18.8. The zero-order chi connectivity index (χ0) is 20.9. The van der Waals surface area contributed by atoms with Gasteiger partial charge in [0.1, 0.15) is 12.4 Å². The van der Waals surface area contributed by atoms with E-state index in [1.54, 1.807) is 12.1 Å². The number of rotatable bonds is 3. The van der Waals surface area contributed by atoms with E-state index in [-0.39, 0.29) is 11.4 Å². The average Bonchev–Trinajstić information content (AvgIpc) is 3.13. The zero-order valence-corrected chi connectivity index (χ0v) is 17.7. The van der Waals surface area contributed by atoms with Crippen LogP contribution in [0.4, 0.5) is 5.69 Å². The fraction of sp³-hybridized carbons (Fsp3) is 0.167. The fourth-order valence-corrected chi connectivity index (χ4v) is 5.40. The number of sulfonamides is 1. The number of aromatic nitrogens is 1. The van der Waals surface area contributed by atoms with Crippen LogP contribution in [0.5, 0.6) is 5.75 Å². The predicted octanol–water partition coefficient (Wildman–Crippen LogP) is 4.74. The molecule has 0 unspecified atom stereocenters. The number of aryl methyl sites for hydroxylation is 2. The highest BCUT2D eigenvalue weighted by molar-refractivity contribution is 7.92. The molecule has 0 fully saturated rings. The smallest absolute Gasteiger partial charge is 0.264 e. The lowest BCUT2D eigenvalue weighted by atomic mass is 10.0. The molecular formula is C24H22N2O3S. The van der Waals surface area contributed by atoms with Crippen molar-refractivity contribution in [3.05, 3.63) is 78.5 Å². The quantitative estimate of drug-likeness (QED) is 0.483. The van der Waals surface area contributed by atoms with Crippen molar-refractivity contribution in [2.75, 3.05) is 17.5 Å². The van der Waals surface area contributed by atoms with Crippen molar-refractivity contribution in [3.8, 4) is 16.9 Å². The van der Waals surface area contributed by atoms with Gasteiger partial charge in [0.2, 0.25) is 0 Å². The Bertz CT molecular complexity index is 1360. The van der Waals surface area contributed by atoms with Gasteiger partial charge in [0.25, 0.3) is 10.0 Å². The average molecular weight is 419 g/mol. The maximum atomic E-state index is 13.6. The highest BCUT2D eigenvalue weighted by atomic mass is 32.2. The largest absolute Gasteiger partial charge is 0.489 e. The topological polar surface area (TPSA) is 51.5 Å². The summed E-state index contributed by atoms with van der Waals surface area (Å²) in [7, 11) is -1.77. The minimum atomic E-state index is -3.72. The number of nitrogens with zero attached hydrogens (tertiary/aromatic N) is 2. The van der Waals surface area contributed by atoms with Gasteiger partial charge in [0, 0.05) is 24.1 Å². The highest BCUT2D eigenvalue weighted by Gasteiger charge is 2.30. The Hall–Kier alpha value is -3.25. The molecule has 0 amide bonds. The van der Waals surface area contributed by atoms with Gasteiger partial charge in [-0.3, -0.25) is 4.31 Å². The molecule has 0 spiro atoms. The van der Waals surface area contributed by atoms with Gasteiger partial charge in [-0.1, -0.05) is 35.9 Å². The van der Waals surface area contributed by atoms with Crippen molar-refractivity contribution < 1.29 is 13.2 Å². The molecule has 2 heterocycles. The van der Waals surface area contributed by atoms with E-state index in [0.717, 1.165) is 22.0 Å². The molecule has 30 heavy (non-hydrogen) atoms. The molecule has 6 heteroatoms. The van der Waals surface area contributed by atoms with Gasteiger partial charge >= 0.3 is 0 Å². The molecule has 5 rings (SSSR count). The Labute approximate surface area is 176 Å². The number of hydrogen-bond acceptors (Lipinski definition) is 3. The molecule has 1 aliphatic heterocycles. The molecule has 152 valence electrons. The van der Waals surface area contributed by atoms with Crippen molar-refractivity contribution in [1.29, 1.82) is 0 Å². The minimum Gasteiger partial charge on any atom is -0.489 e. The van der Waals surface area contributed by atoms with Crippen molar-refractivity contribution in [2.45, 2.75) is 11.8 Å². The molecular weight excluding hydrogens is 396 g/mol. The Balaban J connectivity index is 1.59. The van der Waals surface area contributed by atoms with Crippen LogP contribution in [0.15, 0.2) is 77.8 Å². The van der Waals surface area contributed by atoms with Gasteiger partial charge in [-0.25, -0.2) is 8.42 Å². The maximum absolute atomic E-state index is 13.6. The molecule has 3 aromatic carbocycles. The molecule has 1 aliphatic rings. The Morgan fingerprint density at radius 2 is 1.67 bits per heavy atom. The van der Waals surface area contributed by atoms with E-state index in [4.69, 9.17) is 4.74 Å². The van der Waals surface area contributed by atoms with Crippen molar-refractivity contribution in [2.24, 2.45) is 7.05 Å². The van der Waals surface area contributed by atoms with Crippen molar-refractivity contribution >= 4 is 26.6 Å². The molecule has 0 saturated heterocycles. The van der Waals surface area contributed by atoms with Gasteiger partial charge in [-0.05, 0) is 54.4 Å². The third kappa shape index (κ3) is 3.04. The zero-order valence-electron chi connectivity index (χ0n) is 16.9. The highest BCUT2D eigenvalue weighted by Crippen LogP contribution is 2.38. The summed E-state index contributed by atoms with van der Waals surface area (Å²) in [6.45, 7) is 2.64. The van der Waals surface area contributed by atoms with Crippen molar-refractivity contribution in [1.82, 2.24) is 4.57 Å². The van der Waals surface area contributed by atoms with Gasteiger partial charge in [-0.15, -0.1) is 0 Å². The van der Waals surface area contributed by atoms with Gasteiger partial charge in [0.15, 0.2) is 0 Å². The summed E-state index contributed by atoms with van der Waals surface area (Å²) in [6.07, 6.45) is 1.93. The van der Waals surface area contributed by atoms with Crippen LogP contribution in [0.2, 0.25) is 0 Å². The summed E-state index contributed by atoms with van der Waals surface area (Å²) in [5.74, 6) is 0.585. The van der Waals surface area contributed by atoms with Gasteiger partial charge in [-0.2, -0.15) is 0 Å². The summed E-state index contributed by atoms with van der Waals surface area (Å²) in [5, 5.41) is 0.903. The van der Waals surface area contributed by atoms with E-state index < -0.39 is 10.0 Å². The summed E-state index contributed by atoms with van der Waals surface area (Å²) in [5.41, 5.74) is 4.75. The number of hydrogen-bond donors (Lipinski definition) is 0. The lowest BCUT2D eigenvalue weighted by Gasteiger charge is -2.31. The monoisotopic (exact) mass is 418 g/mol. The third-order valence-electron chi connectivity index (χ3n) is 5.61. The maximum Gasteiger partial charge on any atom is 0.264 e. The van der Waals surface area contributed by atoms with E-state index >= 15 is 0 Å². The molecule has 0 saturated carbocycles. The number of anilines is 1. The van der Waals surface area contributed by atoms with Crippen molar-refractivity contribution in [3.63, 3.8) is 0 Å². The first-order chi connectivity index (χ1) is 14.4. The normalized spacial score (nSPS) is 13.9. The van der Waals surface area contributed by atoms with Gasteiger partial charge < -0.3 is 9.30 Å². The van der Waals surface area contributed by atoms with Crippen LogP contribution in [0, 0.1) is 6.92 Å². The minimum absolute atomic E-state index is 0.277. The molecule has 0 aliphatic carbocycles. The summed E-state index contributed by atoms with van der Waals surface area (Å²) in [4.78, 5) is 0.287. The molecule has 0 bridgehead atoms. The SMILES string of the molecule is Cc1ccc(-c2ccc3c(c2)N(S(=O)(=O)c2ccc4c(ccn4C)c2)CCO3)cc1. The van der Waals surface area contributed by atoms with Crippen LogP contribution in [-0.2, 0) is 17.1 Å². The summed E-state index contributed by atoms with van der Waals surface area (Å²) in [6, 6.07) is 21.1. The number of ether oxygens (including phenoxy) is 1. The second-order valence-corrected chi connectivity index (χ2v) is 9.48. The molecule has 4 aromatic rings. The Morgan fingerprint density at radius 3 is 2.47 bits per heavy atom. The van der Waals surface area contributed by atoms with E-state index in [1.165, 1.54) is 9.87 Å². The van der Waals surface area contributed by atoms with E-state index in [0.29, 0.717) is 18.0 Å². The second-order valence-electron chi connectivity index (χ2n) is 7.62. The van der Waals surface area contributed by atoms with E-state index in [1.807, 2.05) is 67.2 Å². The predicted molar refractivity (Wildman–Crippen MR) is 120 cm³/mol. The van der Waals surface area contributed by atoms with Crippen LogP contribution in [0.3, 0.4) is 0 Å². The first-order valence-corrected chi connectivity index (χ1v) is 11.3. The van der Waals surface area contributed by atoms with Crippen LogP contribution in [0.1, 0.15) is 5.56 Å². The Kier molecular flexibility index (Phi) is 4.33. The van der Waals surface area contributed by atoms with Crippen LogP contribution >= 0.6 is 0 Å². The lowest BCUT2D eigenvalue weighted by Crippen LogP contribution is -2.37. The molecule has 5 nitrogen and oxygen atoms in total. The van der Waals surface area contributed by atoms with E-state index in [9.17, 15) is 8.42 Å². The van der Waals surface area contributed by atoms with Crippen LogP contribution < -0.4 is 9.04 Å². The second kappa shape index (κ2) is 6.92. The van der Waals surface area contributed by atoms with Crippen LogP contribution in [-0.4, -0.2) is 26.1 Å². The number of fused-ring (bicyclic) bond motifs is 2. The molecule has 0 N–H and O–H groups in total. The molecule has 1 aromatic heterocycles. The first-order valence-electron chi connectivity index (χ1n) is 9.85. The third-order valence-corrected chi connectivity index (χ3v) is 7.42. The summed E-state index contributed by atoms with van der Waals surface area (Å²) < 4.78 is 36.3. The van der Waals surface area contributed by atoms with E-state index in [2.05, 4.69) is 12.1 Å². The van der Waals surface area contributed by atoms with Gasteiger partial charge in [0.05, 0.1) is 17.1 Å².